The fourth-order valence-electron chi connectivity index (χ4n) is 2.97. The van der Waals surface area contributed by atoms with Gasteiger partial charge in [-0.15, -0.1) is 11.3 Å². The number of hydrogen-bond donors (Lipinski definition) is 4. The van der Waals surface area contributed by atoms with Gasteiger partial charge in [-0.1, -0.05) is 60.7 Å². The van der Waals surface area contributed by atoms with Gasteiger partial charge in [0.15, 0.2) is 5.13 Å². The summed E-state index contributed by atoms with van der Waals surface area (Å²) in [6.45, 7) is 1.16. The molecule has 3 rings (SSSR count). The Balaban J connectivity index is 1.64. The number of rotatable bonds is 10. The lowest BCUT2D eigenvalue weighted by molar-refractivity contribution is -0.138. The molecule has 0 fully saturated rings. The number of carbonyl (C=O) groups excluding carboxylic acids is 2. The predicted octanol–water partition coefficient (Wildman–Crippen LogP) is 2.54. The summed E-state index contributed by atoms with van der Waals surface area (Å²) in [5.41, 5.74) is 2.63. The second-order valence-corrected chi connectivity index (χ2v) is 7.99. The average Bonchev–Trinajstić information content (AvgIpc) is 3.26. The molecule has 166 valence electrons. The minimum absolute atomic E-state index is 0.236. The van der Waals surface area contributed by atoms with E-state index in [4.69, 9.17) is 5.11 Å². The van der Waals surface area contributed by atoms with Gasteiger partial charge in [0.25, 0.3) is 0 Å². The molecule has 32 heavy (non-hydrogen) atoms. The molecule has 2 amide bonds. The van der Waals surface area contributed by atoms with Crippen molar-refractivity contribution < 1.29 is 19.5 Å². The van der Waals surface area contributed by atoms with Crippen LogP contribution < -0.4 is 16.0 Å². The van der Waals surface area contributed by atoms with E-state index in [1.807, 2.05) is 66.0 Å². The zero-order valence-corrected chi connectivity index (χ0v) is 18.3. The predicted molar refractivity (Wildman–Crippen MR) is 123 cm³/mol. The summed E-state index contributed by atoms with van der Waals surface area (Å²) in [7, 11) is 0. The van der Waals surface area contributed by atoms with Gasteiger partial charge in [-0.3, -0.25) is 14.4 Å². The van der Waals surface area contributed by atoms with E-state index >= 15 is 0 Å². The Bertz CT molecular complexity index is 1060. The molecular weight excluding hydrogens is 428 g/mol. The van der Waals surface area contributed by atoms with Crippen molar-refractivity contribution in [2.24, 2.45) is 0 Å². The van der Waals surface area contributed by atoms with Crippen LogP contribution in [0.4, 0.5) is 5.13 Å². The highest BCUT2D eigenvalue weighted by molar-refractivity contribution is 7.14. The molecule has 9 heteroatoms. The summed E-state index contributed by atoms with van der Waals surface area (Å²) >= 11 is 1.38. The Labute approximate surface area is 189 Å². The van der Waals surface area contributed by atoms with Crippen LogP contribution in [-0.2, 0) is 20.8 Å². The van der Waals surface area contributed by atoms with Crippen molar-refractivity contribution in [1.29, 1.82) is 0 Å². The first-order valence-electron chi connectivity index (χ1n) is 10.0. The van der Waals surface area contributed by atoms with Gasteiger partial charge in [0.05, 0.1) is 5.69 Å². The van der Waals surface area contributed by atoms with Crippen LogP contribution in [0.2, 0.25) is 0 Å². The van der Waals surface area contributed by atoms with E-state index in [9.17, 15) is 14.4 Å². The maximum atomic E-state index is 12.8. The molecule has 1 aromatic heterocycles. The van der Waals surface area contributed by atoms with Crippen molar-refractivity contribution in [2.45, 2.75) is 25.4 Å². The summed E-state index contributed by atoms with van der Waals surface area (Å²) in [6.07, 6.45) is 0.236. The number of aromatic nitrogens is 1. The van der Waals surface area contributed by atoms with Crippen LogP contribution in [0, 0.1) is 0 Å². The van der Waals surface area contributed by atoms with Crippen molar-refractivity contribution in [2.75, 3.05) is 11.9 Å². The third-order valence-electron chi connectivity index (χ3n) is 4.64. The Morgan fingerprint density at radius 1 is 1.00 bits per heavy atom. The second-order valence-electron chi connectivity index (χ2n) is 7.13. The number of nitrogens with one attached hydrogen (secondary N) is 3. The Hall–Kier alpha value is -3.72. The van der Waals surface area contributed by atoms with Gasteiger partial charge in [0, 0.05) is 17.4 Å². The number of amides is 2. The fourth-order valence-corrected chi connectivity index (χ4v) is 3.78. The van der Waals surface area contributed by atoms with Crippen LogP contribution in [0.5, 0.6) is 0 Å². The van der Waals surface area contributed by atoms with Crippen molar-refractivity contribution in [3.05, 3.63) is 71.6 Å². The van der Waals surface area contributed by atoms with Crippen molar-refractivity contribution in [1.82, 2.24) is 15.6 Å². The molecule has 4 N–H and O–H groups in total. The van der Waals surface area contributed by atoms with E-state index in [0.717, 1.165) is 16.8 Å². The third kappa shape index (κ3) is 6.64. The molecule has 0 aliphatic carbocycles. The first kappa shape index (κ1) is 23.0. The summed E-state index contributed by atoms with van der Waals surface area (Å²) in [4.78, 5) is 40.6. The molecule has 0 aliphatic rings. The molecule has 0 bridgehead atoms. The van der Waals surface area contributed by atoms with Crippen LogP contribution in [0.15, 0.2) is 66.0 Å². The van der Waals surface area contributed by atoms with Crippen LogP contribution in [-0.4, -0.2) is 46.5 Å². The number of carboxylic acid groups (broad SMARTS) is 1. The number of nitrogens with zero attached hydrogens (tertiary/aromatic N) is 1. The molecule has 0 unspecified atom stereocenters. The largest absolute Gasteiger partial charge is 0.480 e. The minimum Gasteiger partial charge on any atom is -0.480 e. The third-order valence-corrected chi connectivity index (χ3v) is 5.41. The number of hydrogen-bond acceptors (Lipinski definition) is 6. The van der Waals surface area contributed by atoms with E-state index < -0.39 is 36.4 Å². The molecular formula is C23H24N4O4S. The number of benzene rings is 2. The van der Waals surface area contributed by atoms with Gasteiger partial charge in [0.1, 0.15) is 18.6 Å². The molecule has 0 radical (unpaired) electrons. The lowest BCUT2D eigenvalue weighted by Crippen LogP contribution is -2.52. The standard InChI is InChI=1S/C23H24N4O4S/c1-15(25-23-27-19(14-32-23)17-10-6-3-7-11-17)21(30)26-18(22(31)24-13-20(28)29)12-16-8-4-2-5-9-16/h2-11,14-15,18H,12-13H2,1H3,(H,24,31)(H,25,27)(H,26,30)(H,28,29)/t15-,18-/m0/s1. The van der Waals surface area contributed by atoms with E-state index in [2.05, 4.69) is 20.9 Å². The molecule has 2 aromatic carbocycles. The first-order chi connectivity index (χ1) is 15.4. The van der Waals surface area contributed by atoms with Crippen molar-refractivity contribution >= 4 is 34.3 Å². The summed E-state index contributed by atoms with van der Waals surface area (Å²) in [6, 6.07) is 17.3. The fraction of sp³-hybridized carbons (Fsp3) is 0.217. The Morgan fingerprint density at radius 3 is 2.31 bits per heavy atom. The van der Waals surface area contributed by atoms with Crippen molar-refractivity contribution in [3.8, 4) is 11.3 Å². The van der Waals surface area contributed by atoms with Gasteiger partial charge in [-0.05, 0) is 12.5 Å². The van der Waals surface area contributed by atoms with Crippen LogP contribution in [0.1, 0.15) is 12.5 Å². The first-order valence-corrected chi connectivity index (χ1v) is 10.9. The molecule has 3 aromatic rings. The van der Waals surface area contributed by atoms with Gasteiger partial charge in [0.2, 0.25) is 11.8 Å². The minimum atomic E-state index is -1.16. The van der Waals surface area contributed by atoms with Gasteiger partial charge >= 0.3 is 5.97 Å². The monoisotopic (exact) mass is 452 g/mol. The summed E-state index contributed by atoms with van der Waals surface area (Å²) in [5.74, 6) is -2.11. The van der Waals surface area contributed by atoms with E-state index in [-0.39, 0.29) is 6.42 Å². The van der Waals surface area contributed by atoms with E-state index in [1.54, 1.807) is 6.92 Å². The summed E-state index contributed by atoms with van der Waals surface area (Å²) < 4.78 is 0. The van der Waals surface area contributed by atoms with Crippen molar-refractivity contribution in [3.63, 3.8) is 0 Å². The number of carbonyl (C=O) groups is 3. The quantitative estimate of drug-likeness (QED) is 0.375. The second kappa shape index (κ2) is 11.1. The molecule has 0 saturated heterocycles. The summed E-state index contributed by atoms with van der Waals surface area (Å²) in [5, 5.41) is 19.4. The average molecular weight is 453 g/mol. The maximum absolute atomic E-state index is 12.8. The molecule has 2 atom stereocenters. The highest BCUT2D eigenvalue weighted by Gasteiger charge is 2.24. The van der Waals surface area contributed by atoms with Gasteiger partial charge < -0.3 is 21.1 Å². The Morgan fingerprint density at radius 2 is 1.66 bits per heavy atom. The maximum Gasteiger partial charge on any atom is 0.322 e. The smallest absolute Gasteiger partial charge is 0.322 e. The molecule has 0 saturated carbocycles. The molecule has 8 nitrogen and oxygen atoms in total. The highest BCUT2D eigenvalue weighted by Crippen LogP contribution is 2.25. The van der Waals surface area contributed by atoms with Crippen LogP contribution >= 0.6 is 11.3 Å². The lowest BCUT2D eigenvalue weighted by atomic mass is 10.0. The number of aliphatic carboxylic acids is 1. The van der Waals surface area contributed by atoms with E-state index in [1.165, 1.54) is 11.3 Å². The zero-order chi connectivity index (χ0) is 22.9. The molecule has 0 spiro atoms. The Kier molecular flexibility index (Phi) is 7.93. The number of thiazole rings is 1. The number of anilines is 1. The molecule has 1 heterocycles. The lowest BCUT2D eigenvalue weighted by Gasteiger charge is -2.21. The zero-order valence-electron chi connectivity index (χ0n) is 17.4. The van der Waals surface area contributed by atoms with Gasteiger partial charge in [-0.2, -0.15) is 0 Å². The number of carboxylic acids is 1. The van der Waals surface area contributed by atoms with Gasteiger partial charge in [-0.25, -0.2) is 4.98 Å². The topological polar surface area (TPSA) is 120 Å². The normalized spacial score (nSPS) is 12.4. The van der Waals surface area contributed by atoms with E-state index in [0.29, 0.717) is 5.13 Å². The SMILES string of the molecule is C[C@H](Nc1nc(-c2ccccc2)cs1)C(=O)N[C@@H](Cc1ccccc1)C(=O)NCC(=O)O. The molecule has 0 aliphatic heterocycles. The van der Waals surface area contributed by atoms with Crippen LogP contribution in [0.25, 0.3) is 11.3 Å². The highest BCUT2D eigenvalue weighted by atomic mass is 32.1. The van der Waals surface area contributed by atoms with Crippen LogP contribution in [0.3, 0.4) is 0 Å².